The molecule has 2 atom stereocenters. The number of nitrogens with zero attached hydrogens (tertiary/aromatic N) is 6. The number of aromatic nitrogens is 4. The van der Waals surface area contributed by atoms with Crippen molar-refractivity contribution in [3.8, 4) is 11.8 Å². The first-order valence-corrected chi connectivity index (χ1v) is 12.3. The lowest BCUT2D eigenvalue weighted by Crippen LogP contribution is -2.35. The van der Waals surface area contributed by atoms with Crippen LogP contribution in [-0.4, -0.2) is 51.2 Å². The fourth-order valence-electron chi connectivity index (χ4n) is 5.10. The number of carbonyl (C=O) groups is 2. The molecule has 1 aromatic carbocycles. The molecule has 1 aliphatic heterocycles. The van der Waals surface area contributed by atoms with Gasteiger partial charge in [0, 0.05) is 36.8 Å². The number of nitrogens with one attached hydrogen (secondary N) is 2. The van der Waals surface area contributed by atoms with Gasteiger partial charge in [-0.05, 0) is 65.4 Å². The monoisotopic (exact) mass is 536 g/mol. The summed E-state index contributed by atoms with van der Waals surface area (Å²) in [7, 11) is 1.67. The Balaban J connectivity index is 1.45. The highest BCUT2D eigenvalue weighted by molar-refractivity contribution is 9.10. The average molecular weight is 537 g/mol. The summed E-state index contributed by atoms with van der Waals surface area (Å²) in [6.45, 7) is 2.02. The summed E-state index contributed by atoms with van der Waals surface area (Å²) in [5.74, 6) is 0.505. The SMILES string of the molecule is CNC(=O)[C@]1(C)CC[C@@H](Nc2ncc3c(Br)nn(-c4ccc5c(c4)CCC(=O)N5CC#N)c3n2)C1. The molecule has 0 saturated heterocycles. The molecule has 2 amide bonds. The highest BCUT2D eigenvalue weighted by atomic mass is 79.9. The molecule has 3 aromatic rings. The molecular formula is C24H25BrN8O2. The van der Waals surface area contributed by atoms with Gasteiger partial charge < -0.3 is 10.6 Å². The Labute approximate surface area is 210 Å². The highest BCUT2D eigenvalue weighted by Crippen LogP contribution is 2.39. The molecule has 2 N–H and O–H groups in total. The van der Waals surface area contributed by atoms with E-state index in [2.05, 4.69) is 42.7 Å². The maximum atomic E-state index is 12.3. The van der Waals surface area contributed by atoms with E-state index in [9.17, 15) is 9.59 Å². The second kappa shape index (κ2) is 8.92. The first-order chi connectivity index (χ1) is 16.8. The number of nitriles is 1. The lowest BCUT2D eigenvalue weighted by Gasteiger charge is -2.27. The molecule has 3 heterocycles. The van der Waals surface area contributed by atoms with Crippen molar-refractivity contribution in [3.05, 3.63) is 34.6 Å². The van der Waals surface area contributed by atoms with Gasteiger partial charge in [-0.15, -0.1) is 0 Å². The number of benzene rings is 1. The van der Waals surface area contributed by atoms with Gasteiger partial charge in [-0.3, -0.25) is 14.5 Å². The highest BCUT2D eigenvalue weighted by Gasteiger charge is 2.41. The van der Waals surface area contributed by atoms with Gasteiger partial charge >= 0.3 is 0 Å². The predicted molar refractivity (Wildman–Crippen MR) is 134 cm³/mol. The van der Waals surface area contributed by atoms with Crippen LogP contribution < -0.4 is 15.5 Å². The summed E-state index contributed by atoms with van der Waals surface area (Å²) >= 11 is 3.51. The molecule has 2 aliphatic rings. The van der Waals surface area contributed by atoms with E-state index in [1.165, 1.54) is 4.90 Å². The minimum atomic E-state index is -0.398. The number of halogens is 1. The minimum Gasteiger partial charge on any atom is -0.359 e. The number of amides is 2. The number of hydrogen-bond acceptors (Lipinski definition) is 7. The smallest absolute Gasteiger partial charge is 0.228 e. The lowest BCUT2D eigenvalue weighted by atomic mass is 9.87. The zero-order valence-corrected chi connectivity index (χ0v) is 21.1. The molecule has 1 saturated carbocycles. The molecule has 0 spiro atoms. The summed E-state index contributed by atoms with van der Waals surface area (Å²) in [4.78, 5) is 35.3. The molecule has 11 heteroatoms. The molecule has 35 heavy (non-hydrogen) atoms. The van der Waals surface area contributed by atoms with E-state index in [0.29, 0.717) is 35.5 Å². The van der Waals surface area contributed by atoms with Crippen molar-refractivity contribution in [1.29, 1.82) is 5.26 Å². The molecule has 0 radical (unpaired) electrons. The third-order valence-electron chi connectivity index (χ3n) is 6.97. The first-order valence-electron chi connectivity index (χ1n) is 11.5. The summed E-state index contributed by atoms with van der Waals surface area (Å²) < 4.78 is 2.38. The van der Waals surface area contributed by atoms with Gasteiger partial charge in [0.2, 0.25) is 17.8 Å². The quantitative estimate of drug-likeness (QED) is 0.479. The molecule has 180 valence electrons. The van der Waals surface area contributed by atoms with Crippen LogP contribution in [0.25, 0.3) is 16.7 Å². The second-order valence-electron chi connectivity index (χ2n) is 9.31. The fraction of sp³-hybridized carbons (Fsp3) is 0.417. The van der Waals surface area contributed by atoms with Crippen LogP contribution in [-0.2, 0) is 16.0 Å². The first kappa shape index (κ1) is 23.2. The normalized spacial score (nSPS) is 21.6. The molecule has 0 unspecified atom stereocenters. The van der Waals surface area contributed by atoms with E-state index in [0.717, 1.165) is 35.2 Å². The molecule has 1 fully saturated rings. The average Bonchev–Trinajstić information content (AvgIpc) is 3.40. The predicted octanol–water partition coefficient (Wildman–Crippen LogP) is 3.10. The van der Waals surface area contributed by atoms with Gasteiger partial charge in [0.05, 0.1) is 17.1 Å². The Hall–Kier alpha value is -3.52. The summed E-state index contributed by atoms with van der Waals surface area (Å²) in [6.07, 6.45) is 5.08. The van der Waals surface area contributed by atoms with Gasteiger partial charge in [0.15, 0.2) is 5.65 Å². The molecule has 2 aromatic heterocycles. The molecule has 5 rings (SSSR count). The van der Waals surface area contributed by atoms with Crippen molar-refractivity contribution >= 4 is 50.4 Å². The summed E-state index contributed by atoms with van der Waals surface area (Å²) in [6, 6.07) is 7.90. The largest absolute Gasteiger partial charge is 0.359 e. The summed E-state index contributed by atoms with van der Waals surface area (Å²) in [5.41, 5.74) is 2.81. The van der Waals surface area contributed by atoms with Crippen LogP contribution in [0, 0.1) is 16.7 Å². The van der Waals surface area contributed by atoms with Crippen LogP contribution in [0.2, 0.25) is 0 Å². The van der Waals surface area contributed by atoms with Crippen molar-refractivity contribution < 1.29 is 9.59 Å². The topological polar surface area (TPSA) is 129 Å². The minimum absolute atomic E-state index is 0.0316. The van der Waals surface area contributed by atoms with Gasteiger partial charge in [-0.25, -0.2) is 9.67 Å². The fourth-order valence-corrected chi connectivity index (χ4v) is 5.53. The number of hydrogen-bond donors (Lipinski definition) is 2. The number of fused-ring (bicyclic) bond motifs is 2. The Kier molecular flexibility index (Phi) is 5.92. The van der Waals surface area contributed by atoms with Crippen LogP contribution in [0.1, 0.15) is 38.2 Å². The van der Waals surface area contributed by atoms with Crippen molar-refractivity contribution in [3.63, 3.8) is 0 Å². The van der Waals surface area contributed by atoms with E-state index in [1.807, 2.05) is 25.1 Å². The summed E-state index contributed by atoms with van der Waals surface area (Å²) in [5, 5.41) is 20.7. The molecule has 1 aliphatic carbocycles. The van der Waals surface area contributed by atoms with E-state index < -0.39 is 5.41 Å². The maximum Gasteiger partial charge on any atom is 0.228 e. The van der Waals surface area contributed by atoms with Crippen LogP contribution >= 0.6 is 15.9 Å². The van der Waals surface area contributed by atoms with Crippen molar-refractivity contribution in [2.45, 2.75) is 45.1 Å². The third-order valence-corrected chi connectivity index (χ3v) is 7.55. The lowest BCUT2D eigenvalue weighted by molar-refractivity contribution is -0.129. The molecular weight excluding hydrogens is 512 g/mol. The Bertz CT molecular complexity index is 1380. The zero-order valence-electron chi connectivity index (χ0n) is 19.5. The Morgan fingerprint density at radius 2 is 2.20 bits per heavy atom. The second-order valence-corrected chi connectivity index (χ2v) is 10.1. The third kappa shape index (κ3) is 4.12. The van der Waals surface area contributed by atoms with Gasteiger partial charge in [-0.1, -0.05) is 6.92 Å². The maximum absolute atomic E-state index is 12.3. The van der Waals surface area contributed by atoms with Gasteiger partial charge in [0.25, 0.3) is 0 Å². The van der Waals surface area contributed by atoms with Crippen LogP contribution in [0.3, 0.4) is 0 Å². The van der Waals surface area contributed by atoms with Crippen molar-refractivity contribution in [2.24, 2.45) is 5.41 Å². The molecule has 0 bridgehead atoms. The number of rotatable bonds is 5. The van der Waals surface area contributed by atoms with E-state index in [4.69, 9.17) is 10.2 Å². The van der Waals surface area contributed by atoms with Crippen molar-refractivity contribution in [1.82, 2.24) is 25.1 Å². The molecule has 10 nitrogen and oxygen atoms in total. The Morgan fingerprint density at radius 1 is 1.37 bits per heavy atom. The van der Waals surface area contributed by atoms with Gasteiger partial charge in [-0.2, -0.15) is 15.3 Å². The number of anilines is 2. The van der Waals surface area contributed by atoms with Crippen LogP contribution in [0.5, 0.6) is 0 Å². The number of carbonyl (C=O) groups excluding carboxylic acids is 2. The van der Waals surface area contributed by atoms with E-state index in [-0.39, 0.29) is 24.4 Å². The zero-order chi connectivity index (χ0) is 24.7. The van der Waals surface area contributed by atoms with Crippen molar-refractivity contribution in [2.75, 3.05) is 23.8 Å². The standard InChI is InChI=1S/C24H25BrN8O2/c1-24(22(35)27-2)8-7-15(12-24)29-23-28-13-17-20(25)31-33(21(17)30-23)16-4-5-18-14(11-16)3-6-19(34)32(18)10-9-26/h4-5,11,13,15H,3,6-8,10,12H2,1-2H3,(H,27,35)(H,28,29,30)/t15-,24-/m1/s1. The van der Waals surface area contributed by atoms with E-state index in [1.54, 1.807) is 17.9 Å². The van der Waals surface area contributed by atoms with E-state index >= 15 is 0 Å². The van der Waals surface area contributed by atoms with Crippen LogP contribution in [0.15, 0.2) is 29.0 Å². The van der Waals surface area contributed by atoms with Crippen LogP contribution in [0.4, 0.5) is 11.6 Å². The number of aryl methyl sites for hydroxylation is 1. The van der Waals surface area contributed by atoms with Gasteiger partial charge in [0.1, 0.15) is 11.1 Å². The Morgan fingerprint density at radius 3 is 2.97 bits per heavy atom.